The maximum absolute atomic E-state index is 12.5. The molecule has 2 unspecified atom stereocenters. The summed E-state index contributed by atoms with van der Waals surface area (Å²) in [5.41, 5.74) is 1.27. The van der Waals surface area contributed by atoms with Gasteiger partial charge in [0.05, 0.1) is 17.0 Å². The summed E-state index contributed by atoms with van der Waals surface area (Å²) in [7, 11) is 1.79. The van der Waals surface area contributed by atoms with Crippen molar-refractivity contribution in [2.24, 2.45) is 0 Å². The van der Waals surface area contributed by atoms with Gasteiger partial charge in [0.25, 0.3) is 5.91 Å². The zero-order chi connectivity index (χ0) is 17.2. The van der Waals surface area contributed by atoms with Crippen molar-refractivity contribution in [3.8, 4) is 0 Å². The molecule has 2 aliphatic rings. The second-order valence-electron chi connectivity index (χ2n) is 6.70. The quantitative estimate of drug-likeness (QED) is 0.844. The molecule has 0 N–H and O–H groups in total. The van der Waals surface area contributed by atoms with Gasteiger partial charge in [0.2, 0.25) is 0 Å². The fourth-order valence-electron chi connectivity index (χ4n) is 4.00. The average Bonchev–Trinajstić information content (AvgIpc) is 3.17. The summed E-state index contributed by atoms with van der Waals surface area (Å²) in [6.07, 6.45) is 5.99. The van der Waals surface area contributed by atoms with Gasteiger partial charge in [-0.15, -0.1) is 11.3 Å². The van der Waals surface area contributed by atoms with Crippen molar-refractivity contribution < 1.29 is 9.53 Å². The summed E-state index contributed by atoms with van der Waals surface area (Å²) < 4.78 is 5.66. The van der Waals surface area contributed by atoms with Crippen LogP contribution in [0.3, 0.4) is 0 Å². The van der Waals surface area contributed by atoms with Crippen LogP contribution in [0.25, 0.3) is 0 Å². The lowest BCUT2D eigenvalue weighted by atomic mass is 9.87. The van der Waals surface area contributed by atoms with E-state index in [9.17, 15) is 4.79 Å². The molecule has 1 amide bonds. The van der Waals surface area contributed by atoms with Gasteiger partial charge in [-0.25, -0.2) is 0 Å². The third-order valence-electron chi connectivity index (χ3n) is 5.40. The lowest BCUT2D eigenvalue weighted by molar-refractivity contribution is -0.115. The van der Waals surface area contributed by atoms with E-state index in [4.69, 9.17) is 4.74 Å². The van der Waals surface area contributed by atoms with Crippen molar-refractivity contribution >= 4 is 17.2 Å². The fraction of sp³-hybridized carbons (Fsp3) is 0.474. The Morgan fingerprint density at radius 3 is 2.64 bits per heavy atom. The highest BCUT2D eigenvalue weighted by atomic mass is 32.1. The van der Waals surface area contributed by atoms with Gasteiger partial charge in [-0.05, 0) is 42.0 Å². The van der Waals surface area contributed by atoms with Crippen LogP contribution in [0.15, 0.2) is 42.0 Å². The van der Waals surface area contributed by atoms with Crippen LogP contribution < -0.4 is 0 Å². The van der Waals surface area contributed by atoms with E-state index in [0.29, 0.717) is 12.1 Å². The summed E-state index contributed by atoms with van der Waals surface area (Å²) in [5.74, 6) is 0.178. The van der Waals surface area contributed by atoms with E-state index in [-0.39, 0.29) is 12.0 Å². The Morgan fingerprint density at radius 1 is 1.24 bits per heavy atom. The maximum atomic E-state index is 12.5. The van der Waals surface area contributed by atoms with Gasteiger partial charge >= 0.3 is 0 Å². The van der Waals surface area contributed by atoms with E-state index in [1.54, 1.807) is 7.11 Å². The number of rotatable bonds is 4. The molecular formula is C19H23N3O2S. The highest BCUT2D eigenvalue weighted by molar-refractivity contribution is 7.12. The number of nitrogens with zero attached hydrogens (tertiary/aromatic N) is 3. The summed E-state index contributed by atoms with van der Waals surface area (Å²) in [6.45, 7) is 2.63. The molecule has 2 atom stereocenters. The van der Waals surface area contributed by atoms with Crippen LogP contribution in [-0.2, 0) is 4.74 Å². The maximum Gasteiger partial charge on any atom is 0.263 e. The smallest absolute Gasteiger partial charge is 0.263 e. The molecular weight excluding hydrogens is 334 g/mol. The van der Waals surface area contributed by atoms with Crippen molar-refractivity contribution in [2.75, 3.05) is 26.7 Å². The molecule has 2 saturated heterocycles. The minimum absolute atomic E-state index is 0.178. The number of hydrogen-bond acceptors (Lipinski definition) is 5. The van der Waals surface area contributed by atoms with Crippen molar-refractivity contribution in [1.82, 2.24) is 14.8 Å². The molecule has 0 aliphatic carbocycles. The molecule has 0 radical (unpaired) electrons. The van der Waals surface area contributed by atoms with Gasteiger partial charge in [-0.2, -0.15) is 0 Å². The fourth-order valence-corrected chi connectivity index (χ4v) is 4.69. The molecule has 6 heteroatoms. The lowest BCUT2D eigenvalue weighted by Crippen LogP contribution is -2.60. The first-order valence-electron chi connectivity index (χ1n) is 8.79. The Morgan fingerprint density at radius 2 is 2.00 bits per heavy atom. The number of carbonyl (C=O) groups excluding carboxylic acids is 1. The second-order valence-corrected chi connectivity index (χ2v) is 7.64. The van der Waals surface area contributed by atoms with Crippen LogP contribution in [0.4, 0.5) is 0 Å². The van der Waals surface area contributed by atoms with Crippen LogP contribution in [0.1, 0.15) is 34.1 Å². The molecule has 2 aromatic heterocycles. The van der Waals surface area contributed by atoms with E-state index >= 15 is 0 Å². The number of ether oxygens (including phenoxy) is 1. The highest BCUT2D eigenvalue weighted by Crippen LogP contribution is 2.39. The van der Waals surface area contributed by atoms with Gasteiger partial charge < -0.3 is 9.64 Å². The molecule has 2 fully saturated rings. The number of carbonyl (C=O) groups is 1. The molecule has 0 bridgehead atoms. The first kappa shape index (κ1) is 16.7. The molecule has 0 saturated carbocycles. The molecule has 4 rings (SSSR count). The minimum Gasteiger partial charge on any atom is -0.378 e. The minimum atomic E-state index is 0.178. The summed E-state index contributed by atoms with van der Waals surface area (Å²) in [6, 6.07) is 8.83. The first-order valence-corrected chi connectivity index (χ1v) is 9.67. The van der Waals surface area contributed by atoms with Gasteiger partial charge in [-0.3, -0.25) is 14.7 Å². The predicted octanol–water partition coefficient (Wildman–Crippen LogP) is 2.82. The third kappa shape index (κ3) is 3.21. The molecule has 132 valence electrons. The van der Waals surface area contributed by atoms with Gasteiger partial charge in [0, 0.05) is 45.2 Å². The molecule has 0 aromatic carbocycles. The van der Waals surface area contributed by atoms with Gasteiger partial charge in [-0.1, -0.05) is 6.07 Å². The zero-order valence-electron chi connectivity index (χ0n) is 14.4. The van der Waals surface area contributed by atoms with Crippen molar-refractivity contribution in [1.29, 1.82) is 0 Å². The van der Waals surface area contributed by atoms with E-state index in [2.05, 4.69) is 22.0 Å². The lowest BCUT2D eigenvalue weighted by Gasteiger charge is -2.53. The van der Waals surface area contributed by atoms with Crippen molar-refractivity contribution in [2.45, 2.75) is 31.0 Å². The Bertz CT molecular complexity index is 699. The molecule has 0 spiro atoms. The average molecular weight is 357 g/mol. The number of hydrogen-bond donors (Lipinski definition) is 0. The number of pyridine rings is 1. The summed E-state index contributed by atoms with van der Waals surface area (Å²) in [4.78, 5) is 22.0. The summed E-state index contributed by atoms with van der Waals surface area (Å²) in [5, 5.41) is 1.96. The van der Waals surface area contributed by atoms with Gasteiger partial charge in [0.15, 0.2) is 0 Å². The van der Waals surface area contributed by atoms with Crippen LogP contribution in [0, 0.1) is 0 Å². The van der Waals surface area contributed by atoms with E-state index < -0.39 is 0 Å². The van der Waals surface area contributed by atoms with Crippen molar-refractivity contribution in [3.05, 3.63) is 52.5 Å². The van der Waals surface area contributed by atoms with Gasteiger partial charge in [0.1, 0.15) is 0 Å². The third-order valence-corrected chi connectivity index (χ3v) is 6.26. The SMILES string of the molecule is COC1CN(C2CCN(C(=O)c3cccs3)CC2)C1c1ccncc1. The van der Waals surface area contributed by atoms with E-state index in [0.717, 1.165) is 37.4 Å². The molecule has 2 aliphatic heterocycles. The Balaban J connectivity index is 1.40. The largest absolute Gasteiger partial charge is 0.378 e. The van der Waals surface area contributed by atoms with Crippen LogP contribution >= 0.6 is 11.3 Å². The van der Waals surface area contributed by atoms with Crippen LogP contribution in [-0.4, -0.2) is 59.6 Å². The Labute approximate surface area is 152 Å². The second kappa shape index (κ2) is 7.23. The number of aromatic nitrogens is 1. The van der Waals surface area contributed by atoms with Crippen LogP contribution in [0.2, 0.25) is 0 Å². The van der Waals surface area contributed by atoms with E-state index in [1.165, 1.54) is 16.9 Å². The predicted molar refractivity (Wildman–Crippen MR) is 97.7 cm³/mol. The summed E-state index contributed by atoms with van der Waals surface area (Å²) >= 11 is 1.52. The standard InChI is InChI=1S/C19H23N3O2S/c1-24-16-13-22(18(16)14-4-8-20-9-5-14)15-6-10-21(11-7-15)19(23)17-3-2-12-25-17/h2-5,8-9,12,15-16,18H,6-7,10-11,13H2,1H3. The molecule has 2 aromatic rings. The van der Waals surface area contributed by atoms with Crippen molar-refractivity contribution in [3.63, 3.8) is 0 Å². The molecule has 5 nitrogen and oxygen atoms in total. The topological polar surface area (TPSA) is 45.7 Å². The Hall–Kier alpha value is -1.76. The number of amides is 1. The number of methoxy groups -OCH3 is 1. The van der Waals surface area contributed by atoms with E-state index in [1.807, 2.05) is 34.8 Å². The number of thiophene rings is 1. The highest BCUT2D eigenvalue weighted by Gasteiger charge is 2.44. The number of likely N-dealkylation sites (tertiary alicyclic amines) is 2. The molecule has 4 heterocycles. The number of piperidine rings is 1. The normalized spacial score (nSPS) is 24.9. The molecule has 25 heavy (non-hydrogen) atoms. The Kier molecular flexibility index (Phi) is 4.83. The first-order chi connectivity index (χ1) is 12.3. The zero-order valence-corrected chi connectivity index (χ0v) is 15.2. The van der Waals surface area contributed by atoms with Crippen LogP contribution in [0.5, 0.6) is 0 Å². The monoisotopic (exact) mass is 357 g/mol.